The van der Waals surface area contributed by atoms with E-state index in [4.69, 9.17) is 14.0 Å². The highest BCUT2D eigenvalue weighted by Gasteiger charge is 2.19. The van der Waals surface area contributed by atoms with E-state index in [9.17, 15) is 4.79 Å². The van der Waals surface area contributed by atoms with Crippen molar-refractivity contribution in [3.63, 3.8) is 0 Å². The molecule has 1 aromatic rings. The number of hydrogen-bond acceptors (Lipinski definition) is 6. The number of amides is 1. The summed E-state index contributed by atoms with van der Waals surface area (Å²) < 4.78 is 16.0. The standard InChI is InChI=1S/C14H21N3O4/c18-14(15-9-11-2-1-5-20-11)13-8-12(21-16-13)10-17-3-6-19-7-4-17/h8,11H,1-7,9-10H2,(H,15,18). The molecule has 1 atom stereocenters. The van der Waals surface area contributed by atoms with Crippen LogP contribution in [0.15, 0.2) is 10.6 Å². The van der Waals surface area contributed by atoms with E-state index in [1.807, 2.05) is 0 Å². The van der Waals surface area contributed by atoms with Gasteiger partial charge in [-0.1, -0.05) is 5.16 Å². The summed E-state index contributed by atoms with van der Waals surface area (Å²) in [6.45, 7) is 5.21. The highest BCUT2D eigenvalue weighted by atomic mass is 16.5. The van der Waals surface area contributed by atoms with E-state index in [1.54, 1.807) is 6.07 Å². The first-order valence-electron chi connectivity index (χ1n) is 7.47. The predicted molar refractivity (Wildman–Crippen MR) is 73.9 cm³/mol. The average Bonchev–Trinajstić information content (AvgIpc) is 3.17. The maximum atomic E-state index is 12.0. The fraction of sp³-hybridized carbons (Fsp3) is 0.714. The van der Waals surface area contributed by atoms with Crippen LogP contribution in [0.1, 0.15) is 29.1 Å². The van der Waals surface area contributed by atoms with Crippen molar-refractivity contribution in [1.29, 1.82) is 0 Å². The van der Waals surface area contributed by atoms with Crippen LogP contribution in [-0.4, -0.2) is 61.5 Å². The zero-order valence-electron chi connectivity index (χ0n) is 12.0. The van der Waals surface area contributed by atoms with E-state index in [0.717, 1.165) is 45.8 Å². The van der Waals surface area contributed by atoms with Gasteiger partial charge in [0, 0.05) is 32.3 Å². The van der Waals surface area contributed by atoms with Crippen molar-refractivity contribution in [1.82, 2.24) is 15.4 Å². The molecule has 0 spiro atoms. The molecule has 0 aromatic carbocycles. The minimum atomic E-state index is -0.206. The first-order valence-corrected chi connectivity index (χ1v) is 7.47. The Labute approximate surface area is 123 Å². The predicted octanol–water partition coefficient (Wildman–Crippen LogP) is 0.416. The monoisotopic (exact) mass is 295 g/mol. The van der Waals surface area contributed by atoms with Crippen LogP contribution in [0, 0.1) is 0 Å². The van der Waals surface area contributed by atoms with E-state index in [2.05, 4.69) is 15.4 Å². The topological polar surface area (TPSA) is 76.8 Å². The van der Waals surface area contributed by atoms with Crippen LogP contribution in [0.4, 0.5) is 0 Å². The van der Waals surface area contributed by atoms with Gasteiger partial charge in [0.15, 0.2) is 11.5 Å². The molecule has 0 bridgehead atoms. The molecule has 1 amide bonds. The molecule has 0 radical (unpaired) electrons. The molecule has 2 aliphatic heterocycles. The summed E-state index contributed by atoms with van der Waals surface area (Å²) in [5.74, 6) is 0.502. The van der Waals surface area contributed by atoms with Gasteiger partial charge >= 0.3 is 0 Å². The summed E-state index contributed by atoms with van der Waals surface area (Å²) in [6.07, 6.45) is 2.20. The first kappa shape index (κ1) is 14.5. The van der Waals surface area contributed by atoms with Crippen molar-refractivity contribution in [2.45, 2.75) is 25.5 Å². The molecule has 2 aliphatic rings. The van der Waals surface area contributed by atoms with Crippen LogP contribution >= 0.6 is 0 Å². The summed E-state index contributed by atoms with van der Waals surface area (Å²) in [5, 5.41) is 6.68. The number of hydrogen-bond donors (Lipinski definition) is 1. The third-order valence-electron chi connectivity index (χ3n) is 3.79. The second-order valence-electron chi connectivity index (χ2n) is 5.41. The molecule has 1 N–H and O–H groups in total. The van der Waals surface area contributed by atoms with E-state index in [0.29, 0.717) is 24.5 Å². The van der Waals surface area contributed by atoms with Gasteiger partial charge in [0.2, 0.25) is 0 Å². The van der Waals surface area contributed by atoms with Gasteiger partial charge in [-0.25, -0.2) is 0 Å². The van der Waals surface area contributed by atoms with Crippen molar-refractivity contribution < 1.29 is 18.8 Å². The molecule has 1 aromatic heterocycles. The van der Waals surface area contributed by atoms with E-state index < -0.39 is 0 Å². The Hall–Kier alpha value is -1.44. The molecular weight excluding hydrogens is 274 g/mol. The third-order valence-corrected chi connectivity index (χ3v) is 3.79. The van der Waals surface area contributed by atoms with Gasteiger partial charge in [-0.15, -0.1) is 0 Å². The van der Waals surface area contributed by atoms with Crippen molar-refractivity contribution >= 4 is 5.91 Å². The molecule has 21 heavy (non-hydrogen) atoms. The molecule has 1 unspecified atom stereocenters. The average molecular weight is 295 g/mol. The number of nitrogens with one attached hydrogen (secondary N) is 1. The number of nitrogens with zero attached hydrogens (tertiary/aromatic N) is 2. The van der Waals surface area contributed by atoms with Gasteiger partial charge < -0.3 is 19.3 Å². The first-order chi connectivity index (χ1) is 10.3. The smallest absolute Gasteiger partial charge is 0.273 e. The van der Waals surface area contributed by atoms with Gasteiger partial charge in [-0.05, 0) is 12.8 Å². The Bertz CT molecular complexity index is 465. The lowest BCUT2D eigenvalue weighted by molar-refractivity contribution is 0.0305. The Balaban J connectivity index is 1.47. The summed E-state index contributed by atoms with van der Waals surface area (Å²) in [7, 11) is 0. The van der Waals surface area contributed by atoms with Crippen molar-refractivity contribution in [3.05, 3.63) is 17.5 Å². The normalized spacial score (nSPS) is 23.3. The van der Waals surface area contributed by atoms with Crippen LogP contribution in [0.2, 0.25) is 0 Å². The van der Waals surface area contributed by atoms with Gasteiger partial charge in [-0.3, -0.25) is 9.69 Å². The number of morpholine rings is 1. The number of carbonyl (C=O) groups excluding carboxylic acids is 1. The van der Waals surface area contributed by atoms with E-state index in [1.165, 1.54) is 0 Å². The lowest BCUT2D eigenvalue weighted by Gasteiger charge is -2.25. The lowest BCUT2D eigenvalue weighted by atomic mass is 10.2. The fourth-order valence-corrected chi connectivity index (χ4v) is 2.58. The van der Waals surface area contributed by atoms with Crippen LogP contribution in [0.3, 0.4) is 0 Å². The highest BCUT2D eigenvalue weighted by molar-refractivity contribution is 5.92. The van der Waals surface area contributed by atoms with E-state index >= 15 is 0 Å². The van der Waals surface area contributed by atoms with E-state index in [-0.39, 0.29) is 12.0 Å². The largest absolute Gasteiger partial charge is 0.379 e. The summed E-state index contributed by atoms with van der Waals surface area (Å²) >= 11 is 0. The molecule has 3 heterocycles. The maximum Gasteiger partial charge on any atom is 0.273 e. The Morgan fingerprint density at radius 1 is 1.38 bits per heavy atom. The van der Waals surface area contributed by atoms with Crippen molar-refractivity contribution in [2.24, 2.45) is 0 Å². The molecule has 116 valence electrons. The van der Waals surface area contributed by atoms with Crippen molar-refractivity contribution in [2.75, 3.05) is 39.5 Å². The zero-order chi connectivity index (χ0) is 14.5. The van der Waals surface area contributed by atoms with Crippen LogP contribution < -0.4 is 5.32 Å². The SMILES string of the molecule is O=C(NCC1CCCO1)c1cc(CN2CCOCC2)on1. The lowest BCUT2D eigenvalue weighted by Crippen LogP contribution is -2.35. The second-order valence-corrected chi connectivity index (χ2v) is 5.41. The minimum absolute atomic E-state index is 0.133. The van der Waals surface area contributed by atoms with Crippen LogP contribution in [0.25, 0.3) is 0 Å². The molecule has 2 fully saturated rings. The minimum Gasteiger partial charge on any atom is -0.379 e. The summed E-state index contributed by atoms with van der Waals surface area (Å²) in [4.78, 5) is 14.2. The van der Waals surface area contributed by atoms with Gasteiger partial charge in [0.05, 0.1) is 25.9 Å². The molecular formula is C14H21N3O4. The summed E-state index contributed by atoms with van der Waals surface area (Å²) in [6, 6.07) is 1.71. The number of carbonyl (C=O) groups is 1. The Morgan fingerprint density at radius 2 is 2.24 bits per heavy atom. The van der Waals surface area contributed by atoms with Gasteiger partial charge in [-0.2, -0.15) is 0 Å². The fourth-order valence-electron chi connectivity index (χ4n) is 2.58. The van der Waals surface area contributed by atoms with Crippen LogP contribution in [-0.2, 0) is 16.0 Å². The summed E-state index contributed by atoms with van der Waals surface area (Å²) in [5.41, 5.74) is 0.330. The Kier molecular flexibility index (Phi) is 4.84. The highest BCUT2D eigenvalue weighted by Crippen LogP contribution is 2.12. The molecule has 0 saturated carbocycles. The molecule has 7 nitrogen and oxygen atoms in total. The quantitative estimate of drug-likeness (QED) is 0.848. The second kappa shape index (κ2) is 7.02. The number of aromatic nitrogens is 1. The van der Waals surface area contributed by atoms with Gasteiger partial charge in [0.25, 0.3) is 5.91 Å². The molecule has 2 saturated heterocycles. The Morgan fingerprint density at radius 3 is 3.00 bits per heavy atom. The van der Waals surface area contributed by atoms with Crippen molar-refractivity contribution in [3.8, 4) is 0 Å². The third kappa shape index (κ3) is 4.03. The molecule has 7 heteroatoms. The number of rotatable bonds is 5. The molecule has 0 aliphatic carbocycles. The zero-order valence-corrected chi connectivity index (χ0v) is 12.0. The van der Waals surface area contributed by atoms with Gasteiger partial charge in [0.1, 0.15) is 0 Å². The van der Waals surface area contributed by atoms with Crippen LogP contribution in [0.5, 0.6) is 0 Å². The maximum absolute atomic E-state index is 12.0. The molecule has 3 rings (SSSR count). The number of ether oxygens (including phenoxy) is 2.